The van der Waals surface area contributed by atoms with Crippen LogP contribution in [0.1, 0.15) is 170 Å². The minimum absolute atomic E-state index is 0.315. The highest BCUT2D eigenvalue weighted by molar-refractivity contribution is 6.40. The zero-order valence-electron chi connectivity index (χ0n) is 51.4. The Bertz CT molecular complexity index is 3950. The SMILES string of the molecule is CCCCC(CC)Cn1c2ccc(-c3ccc(C(=O)OCC)cc3)cc2c2c1c1c3cccc(-c4ccc(C(=O)OCC)cc4)c3n(CC(CC)CCCC)c1c1c3ccc(-c4ccc(C(=O)OCC)cc4)cc3n(CC(CC)CCCC)c21. The van der Waals surface area contributed by atoms with Crippen molar-refractivity contribution in [3.8, 4) is 33.4 Å². The molecule has 3 unspecified atom stereocenters. The van der Waals surface area contributed by atoms with E-state index in [9.17, 15) is 14.4 Å². The fraction of sp³-hybridized carbons (Fsp3) is 0.400. The van der Waals surface area contributed by atoms with Crippen LogP contribution in [0.15, 0.2) is 127 Å². The molecule has 0 amide bonds. The van der Waals surface area contributed by atoms with Crippen molar-refractivity contribution in [3.63, 3.8) is 0 Å². The van der Waals surface area contributed by atoms with E-state index in [1.165, 1.54) is 71.8 Å². The highest BCUT2D eigenvalue weighted by Crippen LogP contribution is 2.51. The average molecular weight is 1130 g/mol. The fourth-order valence-corrected chi connectivity index (χ4v) is 13.3. The largest absolute Gasteiger partial charge is 0.462 e. The molecule has 0 fully saturated rings. The number of rotatable bonds is 27. The smallest absolute Gasteiger partial charge is 0.338 e. The third kappa shape index (κ3) is 11.6. The van der Waals surface area contributed by atoms with Gasteiger partial charge in [0.15, 0.2) is 0 Å². The second kappa shape index (κ2) is 26.9. The van der Waals surface area contributed by atoms with Crippen LogP contribution in [0.4, 0.5) is 0 Å². The third-order valence-corrected chi connectivity index (χ3v) is 18.0. The molecular formula is C75H87N3O6. The number of para-hydroxylation sites is 1. The Morgan fingerprint density at radius 2 is 0.762 bits per heavy atom. The van der Waals surface area contributed by atoms with Crippen LogP contribution in [-0.2, 0) is 33.8 Å². The van der Waals surface area contributed by atoms with Crippen LogP contribution < -0.4 is 0 Å². The van der Waals surface area contributed by atoms with E-state index in [1.54, 1.807) is 0 Å². The molecule has 3 heterocycles. The van der Waals surface area contributed by atoms with Gasteiger partial charge in [-0.3, -0.25) is 0 Å². The summed E-state index contributed by atoms with van der Waals surface area (Å²) in [6.45, 7) is 23.1. The van der Waals surface area contributed by atoms with Crippen molar-refractivity contribution in [2.75, 3.05) is 19.8 Å². The summed E-state index contributed by atoms with van der Waals surface area (Å²) < 4.78 is 24.5. The van der Waals surface area contributed by atoms with Gasteiger partial charge in [0, 0.05) is 68.5 Å². The van der Waals surface area contributed by atoms with Crippen LogP contribution >= 0.6 is 0 Å². The normalized spacial score (nSPS) is 13.0. The molecule has 7 aromatic carbocycles. The Morgan fingerprint density at radius 3 is 1.23 bits per heavy atom. The Labute approximate surface area is 497 Å². The molecule has 9 nitrogen and oxygen atoms in total. The minimum atomic E-state index is -0.317. The number of unbranched alkanes of at least 4 members (excludes halogenated alkanes) is 3. The van der Waals surface area contributed by atoms with Gasteiger partial charge in [-0.15, -0.1) is 0 Å². The number of fused-ring (bicyclic) bond motifs is 12. The molecule has 10 aromatic rings. The summed E-state index contributed by atoms with van der Waals surface area (Å²) in [4.78, 5) is 39.0. The summed E-state index contributed by atoms with van der Waals surface area (Å²) in [5, 5.41) is 7.49. The van der Waals surface area contributed by atoms with Gasteiger partial charge in [0.2, 0.25) is 0 Å². The highest BCUT2D eigenvalue weighted by atomic mass is 16.5. The van der Waals surface area contributed by atoms with E-state index in [0.717, 1.165) is 124 Å². The second-order valence-electron chi connectivity index (χ2n) is 23.3. The Morgan fingerprint density at radius 1 is 0.369 bits per heavy atom. The number of carbonyl (C=O) groups is 3. The Balaban J connectivity index is 1.42. The van der Waals surface area contributed by atoms with Crippen LogP contribution in [-0.4, -0.2) is 51.4 Å². The molecular weight excluding hydrogens is 1040 g/mol. The summed E-state index contributed by atoms with van der Waals surface area (Å²) in [6, 6.07) is 45.0. The van der Waals surface area contributed by atoms with Crippen molar-refractivity contribution >= 4 is 83.3 Å². The van der Waals surface area contributed by atoms with Crippen molar-refractivity contribution in [1.29, 1.82) is 0 Å². The van der Waals surface area contributed by atoms with E-state index in [0.29, 0.717) is 54.3 Å². The van der Waals surface area contributed by atoms with E-state index >= 15 is 0 Å². The zero-order valence-corrected chi connectivity index (χ0v) is 51.4. The van der Waals surface area contributed by atoms with Gasteiger partial charge in [0.25, 0.3) is 0 Å². The van der Waals surface area contributed by atoms with E-state index < -0.39 is 0 Å². The molecule has 84 heavy (non-hydrogen) atoms. The minimum Gasteiger partial charge on any atom is -0.462 e. The second-order valence-corrected chi connectivity index (χ2v) is 23.3. The van der Waals surface area contributed by atoms with E-state index in [-0.39, 0.29) is 17.9 Å². The lowest BCUT2D eigenvalue weighted by atomic mass is 9.97. The number of esters is 3. The summed E-state index contributed by atoms with van der Waals surface area (Å²) in [6.07, 6.45) is 13.5. The van der Waals surface area contributed by atoms with Crippen molar-refractivity contribution in [2.45, 2.75) is 159 Å². The van der Waals surface area contributed by atoms with Crippen molar-refractivity contribution in [2.24, 2.45) is 17.8 Å². The molecule has 3 aromatic heterocycles. The van der Waals surface area contributed by atoms with Gasteiger partial charge in [-0.2, -0.15) is 0 Å². The van der Waals surface area contributed by atoms with E-state index in [1.807, 2.05) is 57.2 Å². The molecule has 0 aliphatic rings. The number of aromatic nitrogens is 3. The first-order valence-corrected chi connectivity index (χ1v) is 31.9. The lowest BCUT2D eigenvalue weighted by Gasteiger charge is -2.20. The van der Waals surface area contributed by atoms with Gasteiger partial charge >= 0.3 is 17.9 Å². The fourth-order valence-electron chi connectivity index (χ4n) is 13.3. The van der Waals surface area contributed by atoms with Crippen molar-refractivity contribution in [1.82, 2.24) is 13.7 Å². The van der Waals surface area contributed by atoms with Gasteiger partial charge in [-0.25, -0.2) is 14.4 Å². The van der Waals surface area contributed by atoms with Gasteiger partial charge in [0.05, 0.1) is 58.6 Å². The lowest BCUT2D eigenvalue weighted by Crippen LogP contribution is -2.12. The average Bonchev–Trinajstić information content (AvgIpc) is 1.57. The summed E-state index contributed by atoms with van der Waals surface area (Å²) in [7, 11) is 0. The molecule has 438 valence electrons. The highest BCUT2D eigenvalue weighted by Gasteiger charge is 2.31. The number of hydrogen-bond acceptors (Lipinski definition) is 6. The molecule has 0 saturated heterocycles. The Hall–Kier alpha value is -7.65. The first-order valence-electron chi connectivity index (χ1n) is 31.9. The van der Waals surface area contributed by atoms with Crippen LogP contribution in [0.2, 0.25) is 0 Å². The third-order valence-electron chi connectivity index (χ3n) is 18.0. The lowest BCUT2D eigenvalue weighted by molar-refractivity contribution is 0.0517. The molecule has 9 heteroatoms. The topological polar surface area (TPSA) is 93.7 Å². The molecule has 3 atom stereocenters. The van der Waals surface area contributed by atoms with Gasteiger partial charge in [0.1, 0.15) is 0 Å². The maximum absolute atomic E-state index is 13.1. The van der Waals surface area contributed by atoms with Crippen molar-refractivity contribution < 1.29 is 28.6 Å². The van der Waals surface area contributed by atoms with Gasteiger partial charge in [-0.1, -0.05) is 172 Å². The molecule has 0 aliphatic heterocycles. The maximum atomic E-state index is 13.1. The monoisotopic (exact) mass is 1130 g/mol. The number of carbonyl (C=O) groups excluding carboxylic acids is 3. The number of hydrogen-bond donors (Lipinski definition) is 0. The summed E-state index contributed by atoms with van der Waals surface area (Å²) >= 11 is 0. The maximum Gasteiger partial charge on any atom is 0.338 e. The predicted molar refractivity (Wildman–Crippen MR) is 350 cm³/mol. The van der Waals surface area contributed by atoms with Crippen LogP contribution in [0.5, 0.6) is 0 Å². The van der Waals surface area contributed by atoms with Crippen molar-refractivity contribution in [3.05, 3.63) is 144 Å². The molecule has 0 radical (unpaired) electrons. The van der Waals surface area contributed by atoms with E-state index in [2.05, 4.69) is 146 Å². The molecule has 0 bridgehead atoms. The summed E-state index contributed by atoms with van der Waals surface area (Å²) in [5.74, 6) is 0.354. The Kier molecular flexibility index (Phi) is 19.1. The zero-order chi connectivity index (χ0) is 59.0. The standard InChI is InChI=1S/C75H87N3O6/c1-10-19-23-49(13-4)46-76-64-43-41-58(52-28-34-55(35-29-52)73(79)82-16-7)44-63(64)68-70-66(61-42-40-59(53-30-36-56(37-31-53)74(80)83-17-8)45-65(61)77(70)47-50(14-5)24-20-11-2)72-67(71(68)76)62-27-22-26-60(54-32-38-57(39-33-54)75(81)84-18-9)69(62)78(72)48-51(15-6)25-21-12-3/h22,26-45,49-51H,10-21,23-25,46-48H2,1-9H3. The molecule has 10 rings (SSSR count). The molecule has 0 N–H and O–H groups in total. The first kappa shape index (κ1) is 59.5. The number of benzene rings is 7. The number of ether oxygens (including phenoxy) is 3. The van der Waals surface area contributed by atoms with Crippen LogP contribution in [0.25, 0.3) is 98.8 Å². The van der Waals surface area contributed by atoms with Gasteiger partial charge in [-0.05, 0) is 140 Å². The quantitative estimate of drug-likeness (QED) is 0.0376. The van der Waals surface area contributed by atoms with Crippen LogP contribution in [0, 0.1) is 17.8 Å². The first-order chi connectivity index (χ1) is 41.0. The number of nitrogens with zero attached hydrogens (tertiary/aromatic N) is 3. The summed E-state index contributed by atoms with van der Waals surface area (Å²) in [5.41, 5.74) is 15.5. The molecule has 0 aliphatic carbocycles. The van der Waals surface area contributed by atoms with E-state index in [4.69, 9.17) is 14.2 Å². The predicted octanol–water partition coefficient (Wildman–Crippen LogP) is 20.2. The van der Waals surface area contributed by atoms with Crippen LogP contribution in [0.3, 0.4) is 0 Å². The molecule has 0 spiro atoms. The van der Waals surface area contributed by atoms with Gasteiger partial charge < -0.3 is 27.9 Å². The molecule has 0 saturated carbocycles.